The van der Waals surface area contributed by atoms with Gasteiger partial charge in [-0.3, -0.25) is 4.79 Å². The number of hydrogen-bond donors (Lipinski definition) is 2. The highest BCUT2D eigenvalue weighted by atomic mass is 16.1. The third kappa shape index (κ3) is 4.43. The number of imidazole rings is 1. The van der Waals surface area contributed by atoms with Crippen LogP contribution in [0.15, 0.2) is 36.8 Å². The quantitative estimate of drug-likeness (QED) is 0.762. The van der Waals surface area contributed by atoms with E-state index in [1.165, 1.54) is 0 Å². The Morgan fingerprint density at radius 3 is 2.71 bits per heavy atom. The van der Waals surface area contributed by atoms with Gasteiger partial charge in [-0.2, -0.15) is 0 Å². The van der Waals surface area contributed by atoms with E-state index in [2.05, 4.69) is 27.1 Å². The number of carbonyl (C=O) groups excluding carboxylic acids is 1. The molecule has 0 saturated carbocycles. The zero-order valence-electron chi connectivity index (χ0n) is 12.6. The molecule has 5 nitrogen and oxygen atoms in total. The molecule has 5 heteroatoms. The second-order valence-corrected chi connectivity index (χ2v) is 4.97. The van der Waals surface area contributed by atoms with E-state index in [4.69, 9.17) is 0 Å². The summed E-state index contributed by atoms with van der Waals surface area (Å²) >= 11 is 0. The molecule has 0 aliphatic carbocycles. The van der Waals surface area contributed by atoms with E-state index in [1.807, 2.05) is 43.7 Å². The predicted octanol–water partition coefficient (Wildman–Crippen LogP) is 1.73. The fraction of sp³-hybridized carbons (Fsp3) is 0.375. The Morgan fingerprint density at radius 2 is 2.00 bits per heavy atom. The second-order valence-electron chi connectivity index (χ2n) is 4.97. The lowest BCUT2D eigenvalue weighted by atomic mass is 10.1. The highest BCUT2D eigenvalue weighted by molar-refractivity contribution is 5.94. The topological polar surface area (TPSA) is 59.0 Å². The van der Waals surface area contributed by atoms with Gasteiger partial charge in [-0.1, -0.05) is 17.7 Å². The molecular formula is C16H22N4O. The van der Waals surface area contributed by atoms with Crippen LogP contribution in [0, 0.1) is 6.92 Å². The third-order valence-corrected chi connectivity index (χ3v) is 3.35. The van der Waals surface area contributed by atoms with Crippen molar-refractivity contribution in [3.8, 4) is 0 Å². The summed E-state index contributed by atoms with van der Waals surface area (Å²) in [5.74, 6) is -0.0320. The highest BCUT2D eigenvalue weighted by Crippen LogP contribution is 2.02. The molecule has 0 saturated heterocycles. The Hall–Kier alpha value is -2.14. The van der Waals surface area contributed by atoms with Crippen molar-refractivity contribution in [3.63, 3.8) is 0 Å². The Labute approximate surface area is 125 Å². The normalized spacial score (nSPS) is 10.6. The average Bonchev–Trinajstić information content (AvgIpc) is 2.95. The Morgan fingerprint density at radius 1 is 1.24 bits per heavy atom. The first-order chi connectivity index (χ1) is 10.2. The van der Waals surface area contributed by atoms with E-state index in [1.54, 1.807) is 0 Å². The Kier molecular flexibility index (Phi) is 5.51. The molecule has 0 spiro atoms. The first kappa shape index (κ1) is 15.3. The first-order valence-corrected chi connectivity index (χ1v) is 7.25. The Balaban J connectivity index is 1.68. The molecule has 0 bridgehead atoms. The van der Waals surface area contributed by atoms with Crippen LogP contribution < -0.4 is 10.6 Å². The largest absolute Gasteiger partial charge is 0.351 e. The monoisotopic (exact) mass is 286 g/mol. The molecule has 1 heterocycles. The number of amides is 1. The van der Waals surface area contributed by atoms with E-state index in [0.717, 1.165) is 30.9 Å². The Bertz CT molecular complexity index is 574. The van der Waals surface area contributed by atoms with E-state index in [-0.39, 0.29) is 5.91 Å². The molecule has 112 valence electrons. The lowest BCUT2D eigenvalue weighted by Crippen LogP contribution is -2.31. The molecule has 1 aromatic carbocycles. The fourth-order valence-electron chi connectivity index (χ4n) is 2.07. The number of aromatic nitrogens is 2. The summed E-state index contributed by atoms with van der Waals surface area (Å²) in [6.07, 6.45) is 3.69. The van der Waals surface area contributed by atoms with Crippen LogP contribution in [0.5, 0.6) is 0 Å². The molecule has 1 amide bonds. The summed E-state index contributed by atoms with van der Waals surface area (Å²) in [5, 5.41) is 6.21. The maximum absolute atomic E-state index is 11.9. The smallest absolute Gasteiger partial charge is 0.251 e. The molecule has 2 aromatic rings. The van der Waals surface area contributed by atoms with Crippen molar-refractivity contribution in [3.05, 3.63) is 53.6 Å². The number of carbonyl (C=O) groups is 1. The van der Waals surface area contributed by atoms with E-state index >= 15 is 0 Å². The van der Waals surface area contributed by atoms with Crippen LogP contribution >= 0.6 is 0 Å². The van der Waals surface area contributed by atoms with Crippen molar-refractivity contribution in [2.45, 2.75) is 26.9 Å². The van der Waals surface area contributed by atoms with Crippen LogP contribution in [-0.2, 0) is 13.1 Å². The van der Waals surface area contributed by atoms with Gasteiger partial charge < -0.3 is 15.2 Å². The zero-order valence-corrected chi connectivity index (χ0v) is 12.6. The summed E-state index contributed by atoms with van der Waals surface area (Å²) in [6, 6.07) is 7.58. The van der Waals surface area contributed by atoms with E-state index in [0.29, 0.717) is 12.1 Å². The number of hydrogen-bond acceptors (Lipinski definition) is 3. The number of nitrogens with zero attached hydrogens (tertiary/aromatic N) is 2. The zero-order chi connectivity index (χ0) is 15.1. The molecule has 0 fully saturated rings. The third-order valence-electron chi connectivity index (χ3n) is 3.35. The molecule has 2 rings (SSSR count). The van der Waals surface area contributed by atoms with Crippen molar-refractivity contribution in [1.82, 2.24) is 20.2 Å². The van der Waals surface area contributed by atoms with Gasteiger partial charge in [-0.15, -0.1) is 0 Å². The fourth-order valence-corrected chi connectivity index (χ4v) is 2.07. The molecule has 0 unspecified atom stereocenters. The summed E-state index contributed by atoms with van der Waals surface area (Å²) in [5.41, 5.74) is 3.01. The standard InChI is InChI=1S/C16H22N4O/c1-3-20-12-18-11-15(20)10-17-8-9-19-16(21)14-6-4-13(2)5-7-14/h4-7,11-12,17H,3,8-10H2,1-2H3,(H,19,21). The van der Waals surface area contributed by atoms with Gasteiger partial charge in [0.25, 0.3) is 5.91 Å². The summed E-state index contributed by atoms with van der Waals surface area (Å²) in [7, 11) is 0. The van der Waals surface area contributed by atoms with Crippen LogP contribution in [0.1, 0.15) is 28.5 Å². The SMILES string of the molecule is CCn1cncc1CNCCNC(=O)c1ccc(C)cc1. The van der Waals surface area contributed by atoms with Crippen LogP contribution in [0.2, 0.25) is 0 Å². The lowest BCUT2D eigenvalue weighted by molar-refractivity contribution is 0.0954. The van der Waals surface area contributed by atoms with Crippen molar-refractivity contribution >= 4 is 5.91 Å². The second kappa shape index (κ2) is 7.59. The molecule has 0 atom stereocenters. The molecule has 1 aromatic heterocycles. The van der Waals surface area contributed by atoms with E-state index < -0.39 is 0 Å². The van der Waals surface area contributed by atoms with Crippen LogP contribution in [0.25, 0.3) is 0 Å². The van der Waals surface area contributed by atoms with Gasteiger partial charge in [-0.25, -0.2) is 4.98 Å². The van der Waals surface area contributed by atoms with Crippen molar-refractivity contribution < 1.29 is 4.79 Å². The van der Waals surface area contributed by atoms with Gasteiger partial charge in [-0.05, 0) is 26.0 Å². The van der Waals surface area contributed by atoms with Gasteiger partial charge in [0.2, 0.25) is 0 Å². The van der Waals surface area contributed by atoms with Gasteiger partial charge in [0.05, 0.1) is 12.0 Å². The van der Waals surface area contributed by atoms with E-state index in [9.17, 15) is 4.79 Å². The van der Waals surface area contributed by atoms with Gasteiger partial charge >= 0.3 is 0 Å². The summed E-state index contributed by atoms with van der Waals surface area (Å²) < 4.78 is 2.10. The highest BCUT2D eigenvalue weighted by Gasteiger charge is 2.04. The summed E-state index contributed by atoms with van der Waals surface area (Å²) in [6.45, 7) is 7.11. The average molecular weight is 286 g/mol. The van der Waals surface area contributed by atoms with Crippen molar-refractivity contribution in [2.75, 3.05) is 13.1 Å². The molecule has 2 N–H and O–H groups in total. The van der Waals surface area contributed by atoms with Crippen LogP contribution in [0.4, 0.5) is 0 Å². The van der Waals surface area contributed by atoms with Crippen LogP contribution in [0.3, 0.4) is 0 Å². The summed E-state index contributed by atoms with van der Waals surface area (Å²) in [4.78, 5) is 16.0. The number of rotatable bonds is 7. The maximum Gasteiger partial charge on any atom is 0.251 e. The van der Waals surface area contributed by atoms with Gasteiger partial charge in [0.15, 0.2) is 0 Å². The minimum atomic E-state index is -0.0320. The molecule has 0 aliphatic rings. The lowest BCUT2D eigenvalue weighted by Gasteiger charge is -2.08. The van der Waals surface area contributed by atoms with Crippen molar-refractivity contribution in [2.24, 2.45) is 0 Å². The maximum atomic E-state index is 11.9. The van der Waals surface area contributed by atoms with Gasteiger partial charge in [0, 0.05) is 37.9 Å². The minimum Gasteiger partial charge on any atom is -0.351 e. The minimum absolute atomic E-state index is 0.0320. The van der Waals surface area contributed by atoms with Crippen LogP contribution in [-0.4, -0.2) is 28.5 Å². The molecule has 0 aliphatic heterocycles. The first-order valence-electron chi connectivity index (χ1n) is 7.25. The number of aryl methyl sites for hydroxylation is 2. The number of nitrogens with one attached hydrogen (secondary N) is 2. The molecular weight excluding hydrogens is 264 g/mol. The molecule has 0 radical (unpaired) electrons. The van der Waals surface area contributed by atoms with Gasteiger partial charge in [0.1, 0.15) is 0 Å². The predicted molar refractivity (Wildman–Crippen MR) is 83.1 cm³/mol. The molecule has 21 heavy (non-hydrogen) atoms. The van der Waals surface area contributed by atoms with Crippen molar-refractivity contribution in [1.29, 1.82) is 0 Å². The number of benzene rings is 1.